The molecule has 0 bridgehead atoms. The van der Waals surface area contributed by atoms with Crippen LogP contribution >= 0.6 is 0 Å². The molecular weight excluding hydrogens is 409 g/mol. The predicted octanol–water partition coefficient (Wildman–Crippen LogP) is 3.97. The van der Waals surface area contributed by atoms with Crippen molar-refractivity contribution in [1.82, 2.24) is 30.2 Å². The molecule has 3 heterocycles. The molecule has 8 nitrogen and oxygen atoms in total. The van der Waals surface area contributed by atoms with Crippen molar-refractivity contribution in [2.75, 3.05) is 5.32 Å². The van der Waals surface area contributed by atoms with Gasteiger partial charge in [0.15, 0.2) is 5.82 Å². The highest BCUT2D eigenvalue weighted by Gasteiger charge is 2.17. The quantitative estimate of drug-likeness (QED) is 0.468. The summed E-state index contributed by atoms with van der Waals surface area (Å²) in [6, 6.07) is 16.9. The highest BCUT2D eigenvalue weighted by Crippen LogP contribution is 2.26. The number of tetrazole rings is 1. The smallest absolute Gasteiger partial charge is 0.256 e. The van der Waals surface area contributed by atoms with Crippen LogP contribution in [0.15, 0.2) is 73.1 Å². The molecule has 0 spiro atoms. The molecule has 32 heavy (non-hydrogen) atoms. The summed E-state index contributed by atoms with van der Waals surface area (Å²) in [5.74, 6) is -0.486. The molecule has 0 aliphatic rings. The van der Waals surface area contributed by atoms with Crippen molar-refractivity contribution in [3.05, 3.63) is 90.3 Å². The Morgan fingerprint density at radius 2 is 1.84 bits per heavy atom. The molecule has 0 radical (unpaired) electrons. The van der Waals surface area contributed by atoms with Gasteiger partial charge in [0.1, 0.15) is 5.82 Å². The number of pyridine rings is 2. The van der Waals surface area contributed by atoms with Gasteiger partial charge >= 0.3 is 0 Å². The Balaban J connectivity index is 1.57. The van der Waals surface area contributed by atoms with Gasteiger partial charge in [-0.05, 0) is 59.8 Å². The van der Waals surface area contributed by atoms with Crippen molar-refractivity contribution in [3.8, 4) is 16.9 Å². The van der Waals surface area contributed by atoms with Crippen LogP contribution in [0, 0.1) is 12.7 Å². The van der Waals surface area contributed by atoms with E-state index >= 15 is 0 Å². The van der Waals surface area contributed by atoms with Crippen molar-refractivity contribution in [2.24, 2.45) is 0 Å². The SMILES string of the molecule is Cc1nnnn1-c1ccc(F)c(NC(=O)c2cc(-c3ccncc3)nc3ccccc23)c1. The largest absolute Gasteiger partial charge is 0.319 e. The van der Waals surface area contributed by atoms with Gasteiger partial charge in [-0.15, -0.1) is 5.10 Å². The van der Waals surface area contributed by atoms with E-state index in [2.05, 4.69) is 30.8 Å². The number of nitrogens with one attached hydrogen (secondary N) is 1. The van der Waals surface area contributed by atoms with E-state index in [1.807, 2.05) is 36.4 Å². The number of anilines is 1. The Kier molecular flexibility index (Phi) is 4.83. The molecule has 0 unspecified atom stereocenters. The second-order valence-corrected chi connectivity index (χ2v) is 7.06. The van der Waals surface area contributed by atoms with Crippen LogP contribution in [0.3, 0.4) is 0 Å². The van der Waals surface area contributed by atoms with Crippen LogP contribution < -0.4 is 5.32 Å². The maximum absolute atomic E-state index is 14.6. The maximum atomic E-state index is 14.6. The van der Waals surface area contributed by atoms with Gasteiger partial charge < -0.3 is 5.32 Å². The summed E-state index contributed by atoms with van der Waals surface area (Å²) in [6.07, 6.45) is 3.32. The van der Waals surface area contributed by atoms with E-state index in [0.717, 1.165) is 5.56 Å². The molecule has 2 aromatic carbocycles. The number of nitrogens with zero attached hydrogens (tertiary/aromatic N) is 6. The lowest BCUT2D eigenvalue weighted by atomic mass is 10.0. The summed E-state index contributed by atoms with van der Waals surface area (Å²) in [6.45, 7) is 1.73. The second-order valence-electron chi connectivity index (χ2n) is 7.06. The number of rotatable bonds is 4. The standard InChI is InChI=1S/C23H16FN7O/c1-14-28-29-30-31(14)16-6-7-19(24)22(12-16)27-23(32)18-13-21(15-8-10-25-11-9-15)26-20-5-3-2-4-17(18)20/h2-13H,1H3,(H,27,32). The maximum Gasteiger partial charge on any atom is 0.256 e. The highest BCUT2D eigenvalue weighted by atomic mass is 19.1. The van der Waals surface area contributed by atoms with Crippen LogP contribution in [0.2, 0.25) is 0 Å². The van der Waals surface area contributed by atoms with Gasteiger partial charge in [0.05, 0.1) is 28.1 Å². The van der Waals surface area contributed by atoms with E-state index in [0.29, 0.717) is 33.7 Å². The highest BCUT2D eigenvalue weighted by molar-refractivity contribution is 6.13. The first-order valence-electron chi connectivity index (χ1n) is 9.76. The molecule has 0 saturated heterocycles. The topological polar surface area (TPSA) is 98.5 Å². The minimum atomic E-state index is -0.569. The molecule has 1 N–H and O–H groups in total. The third-order valence-electron chi connectivity index (χ3n) is 5.01. The average Bonchev–Trinajstić information content (AvgIpc) is 3.26. The lowest BCUT2D eigenvalue weighted by Crippen LogP contribution is -2.15. The van der Waals surface area contributed by atoms with E-state index in [-0.39, 0.29) is 5.69 Å². The van der Waals surface area contributed by atoms with Crippen LogP contribution in [0.25, 0.3) is 27.8 Å². The Labute approximate surface area is 181 Å². The average molecular weight is 425 g/mol. The number of carbonyl (C=O) groups is 1. The van der Waals surface area contributed by atoms with Gasteiger partial charge in [-0.25, -0.2) is 9.37 Å². The summed E-state index contributed by atoms with van der Waals surface area (Å²) in [7, 11) is 0. The molecule has 1 amide bonds. The number of aromatic nitrogens is 6. The molecule has 0 aliphatic carbocycles. The molecule has 9 heteroatoms. The Hall–Kier alpha value is -4.53. The van der Waals surface area contributed by atoms with Gasteiger partial charge in [0.25, 0.3) is 5.91 Å². The normalized spacial score (nSPS) is 10.9. The van der Waals surface area contributed by atoms with Crippen molar-refractivity contribution < 1.29 is 9.18 Å². The monoisotopic (exact) mass is 425 g/mol. The third-order valence-corrected chi connectivity index (χ3v) is 5.01. The Morgan fingerprint density at radius 1 is 1.03 bits per heavy atom. The van der Waals surface area contributed by atoms with Crippen LogP contribution in [0.1, 0.15) is 16.2 Å². The van der Waals surface area contributed by atoms with E-state index in [1.54, 1.807) is 25.4 Å². The lowest BCUT2D eigenvalue weighted by Gasteiger charge is -2.12. The van der Waals surface area contributed by atoms with Gasteiger partial charge in [-0.3, -0.25) is 9.78 Å². The van der Waals surface area contributed by atoms with Crippen LogP contribution in [0.5, 0.6) is 0 Å². The summed E-state index contributed by atoms with van der Waals surface area (Å²) < 4.78 is 16.0. The molecule has 0 saturated carbocycles. The molecule has 0 atom stereocenters. The van der Waals surface area contributed by atoms with Crippen molar-refractivity contribution >= 4 is 22.5 Å². The number of para-hydroxylation sites is 1. The number of carbonyl (C=O) groups excluding carboxylic acids is 1. The minimum Gasteiger partial charge on any atom is -0.319 e. The van der Waals surface area contributed by atoms with Crippen LogP contribution in [-0.4, -0.2) is 36.1 Å². The molecule has 5 aromatic rings. The van der Waals surface area contributed by atoms with Crippen molar-refractivity contribution in [3.63, 3.8) is 0 Å². The number of amides is 1. The molecular formula is C23H16FN7O. The fourth-order valence-corrected chi connectivity index (χ4v) is 3.43. The molecule has 0 aliphatic heterocycles. The summed E-state index contributed by atoms with van der Waals surface area (Å²) in [5, 5.41) is 14.7. The van der Waals surface area contributed by atoms with Crippen molar-refractivity contribution in [2.45, 2.75) is 6.92 Å². The zero-order valence-corrected chi connectivity index (χ0v) is 16.9. The first-order chi connectivity index (χ1) is 15.6. The molecule has 5 rings (SSSR count). The first-order valence-corrected chi connectivity index (χ1v) is 9.76. The van der Waals surface area contributed by atoms with E-state index < -0.39 is 11.7 Å². The third kappa shape index (κ3) is 3.56. The number of halogens is 1. The van der Waals surface area contributed by atoms with Crippen LogP contribution in [-0.2, 0) is 0 Å². The van der Waals surface area contributed by atoms with Gasteiger partial charge in [0.2, 0.25) is 0 Å². The fourth-order valence-electron chi connectivity index (χ4n) is 3.43. The number of hydrogen-bond acceptors (Lipinski definition) is 6. The molecule has 156 valence electrons. The summed E-state index contributed by atoms with van der Waals surface area (Å²) in [4.78, 5) is 22.0. The number of hydrogen-bond donors (Lipinski definition) is 1. The van der Waals surface area contributed by atoms with E-state index in [4.69, 9.17) is 0 Å². The minimum absolute atomic E-state index is 0.0220. The summed E-state index contributed by atoms with van der Waals surface area (Å²) in [5.41, 5.74) is 3.03. The zero-order chi connectivity index (χ0) is 22.1. The first kappa shape index (κ1) is 19.4. The second kappa shape index (κ2) is 7.95. The fraction of sp³-hybridized carbons (Fsp3) is 0.0435. The Bertz CT molecular complexity index is 1450. The predicted molar refractivity (Wildman–Crippen MR) is 117 cm³/mol. The molecule has 0 fully saturated rings. The molecule has 3 aromatic heterocycles. The van der Waals surface area contributed by atoms with Crippen molar-refractivity contribution in [1.29, 1.82) is 0 Å². The number of aryl methyl sites for hydroxylation is 1. The number of benzene rings is 2. The van der Waals surface area contributed by atoms with Gasteiger partial charge in [-0.1, -0.05) is 18.2 Å². The van der Waals surface area contributed by atoms with E-state index in [1.165, 1.54) is 22.9 Å². The Morgan fingerprint density at radius 3 is 2.62 bits per heavy atom. The zero-order valence-electron chi connectivity index (χ0n) is 16.9. The van der Waals surface area contributed by atoms with Gasteiger partial charge in [-0.2, -0.15) is 4.68 Å². The van der Waals surface area contributed by atoms with Gasteiger partial charge in [0, 0.05) is 23.3 Å². The van der Waals surface area contributed by atoms with E-state index in [9.17, 15) is 9.18 Å². The lowest BCUT2D eigenvalue weighted by molar-refractivity contribution is 0.102. The summed E-state index contributed by atoms with van der Waals surface area (Å²) >= 11 is 0. The number of fused-ring (bicyclic) bond motifs is 1. The van der Waals surface area contributed by atoms with Crippen LogP contribution in [0.4, 0.5) is 10.1 Å².